The summed E-state index contributed by atoms with van der Waals surface area (Å²) in [5, 5.41) is 0. The predicted molar refractivity (Wildman–Crippen MR) is 113 cm³/mol. The van der Waals surface area contributed by atoms with Crippen molar-refractivity contribution in [3.05, 3.63) is 36.5 Å². The van der Waals surface area contributed by atoms with Crippen molar-refractivity contribution in [3.63, 3.8) is 0 Å². The van der Waals surface area contributed by atoms with E-state index >= 15 is 0 Å². The molecule has 0 aliphatic rings. The first kappa shape index (κ1) is 30.8. The van der Waals surface area contributed by atoms with Crippen LogP contribution in [0.2, 0.25) is 0 Å². The largest absolute Gasteiger partial charge is 0.291 e. The van der Waals surface area contributed by atoms with Gasteiger partial charge in [-0.15, -0.1) is 0 Å². The van der Waals surface area contributed by atoms with E-state index in [-0.39, 0.29) is 12.2 Å². The van der Waals surface area contributed by atoms with Gasteiger partial charge in [0.15, 0.2) is 11.1 Å². The average molecular weight is 487 g/mol. The number of hydrogen-bond acceptors (Lipinski definition) is 4. The van der Waals surface area contributed by atoms with Gasteiger partial charge in [0, 0.05) is 11.5 Å². The van der Waals surface area contributed by atoms with Gasteiger partial charge in [0.1, 0.15) is 0 Å². The highest BCUT2D eigenvalue weighted by Gasteiger charge is 1.99. The first-order valence-corrected chi connectivity index (χ1v) is 12.8. The topological polar surface area (TPSA) is 26.3 Å². The fourth-order valence-electron chi connectivity index (χ4n) is 1.55. The fourth-order valence-corrected chi connectivity index (χ4v) is 4.23. The molecule has 0 radical (unpaired) electrons. The van der Waals surface area contributed by atoms with E-state index in [0.717, 1.165) is 43.9 Å². The summed E-state index contributed by atoms with van der Waals surface area (Å²) in [4.78, 5) is 0. The zero-order chi connectivity index (χ0) is 22.3. The zero-order valence-electron chi connectivity index (χ0n) is 16.3. The van der Waals surface area contributed by atoms with E-state index in [4.69, 9.17) is 4.18 Å². The first-order valence-electron chi connectivity index (χ1n) is 9.09. The molecule has 2 nitrogen and oxygen atoms in total. The molecule has 0 aliphatic carbocycles. The highest BCUT2D eigenvalue weighted by molar-refractivity contribution is 8.76. The maximum Gasteiger partial charge on any atom is 0.266 e. The Morgan fingerprint density at radius 3 is 1.72 bits per heavy atom. The lowest BCUT2D eigenvalue weighted by molar-refractivity contribution is 0.333. The van der Waals surface area contributed by atoms with Gasteiger partial charge >= 0.3 is 0 Å². The minimum Gasteiger partial charge on any atom is -0.291 e. The van der Waals surface area contributed by atoms with Gasteiger partial charge in [-0.2, -0.15) is 26.3 Å². The van der Waals surface area contributed by atoms with E-state index in [0.29, 0.717) is 31.0 Å². The normalized spacial score (nSPS) is 11.1. The van der Waals surface area contributed by atoms with E-state index in [9.17, 15) is 30.6 Å². The monoisotopic (exact) mass is 486 g/mol. The molecule has 0 fully saturated rings. The molecular weight excluding hydrogens is 458 g/mol. The molecule has 172 valence electrons. The molecule has 1 unspecified atom stereocenters. The molecule has 0 aromatic rings. The van der Waals surface area contributed by atoms with Crippen molar-refractivity contribution >= 4 is 32.7 Å². The minimum absolute atomic E-state index is 0.101. The van der Waals surface area contributed by atoms with Gasteiger partial charge < -0.3 is 0 Å². The molecule has 0 aromatic heterocycles. The van der Waals surface area contributed by atoms with E-state index in [2.05, 4.69) is 6.92 Å². The lowest BCUT2D eigenvalue weighted by atomic mass is 10.2. The summed E-state index contributed by atoms with van der Waals surface area (Å²) >= 11 is -1.42. The molecule has 0 aliphatic heterocycles. The maximum absolute atomic E-state index is 11.6. The summed E-state index contributed by atoms with van der Waals surface area (Å²) in [6.45, 7) is 2.56. The number of unbranched alkanes of at least 4 members (excludes halogenated alkanes) is 3. The fraction of sp³-hybridized carbons (Fsp3) is 0.667. The molecule has 1 atom stereocenters. The van der Waals surface area contributed by atoms with Crippen molar-refractivity contribution in [2.24, 2.45) is 0 Å². The Balaban J connectivity index is 0. The smallest absolute Gasteiger partial charge is 0.266 e. The Bertz CT molecular complexity index is 468. The summed E-state index contributed by atoms with van der Waals surface area (Å²) in [5.74, 6) is 1.29. The third kappa shape index (κ3) is 32.5. The number of hydrogen-bond donors (Lipinski definition) is 0. The highest BCUT2D eigenvalue weighted by Crippen LogP contribution is 2.23. The molecule has 0 saturated heterocycles. The van der Waals surface area contributed by atoms with Crippen LogP contribution in [0.15, 0.2) is 36.5 Å². The molecule has 0 heterocycles. The molecule has 0 rings (SSSR count). The molecule has 0 N–H and O–H groups in total. The summed E-state index contributed by atoms with van der Waals surface area (Å²) in [5.41, 5.74) is 0. The Labute approximate surface area is 179 Å². The number of rotatable bonds is 16. The Hall–Kier alpha value is -0.390. The lowest BCUT2D eigenvalue weighted by Crippen LogP contribution is -2.03. The van der Waals surface area contributed by atoms with Gasteiger partial charge in [-0.25, -0.2) is 4.21 Å². The first-order chi connectivity index (χ1) is 13.8. The van der Waals surface area contributed by atoms with Crippen LogP contribution >= 0.6 is 21.6 Å². The van der Waals surface area contributed by atoms with Crippen molar-refractivity contribution in [1.82, 2.24) is 0 Å². The minimum atomic E-state index is -1.73. The summed E-state index contributed by atoms with van der Waals surface area (Å²) in [6.07, 6.45) is 2.37. The molecular formula is C18H28F6O2S3. The Kier molecular flexibility index (Phi) is 25.4. The molecule has 0 bridgehead atoms. The molecule has 0 spiro atoms. The molecule has 29 heavy (non-hydrogen) atoms. The quantitative estimate of drug-likeness (QED) is 0.125. The van der Waals surface area contributed by atoms with Crippen molar-refractivity contribution in [2.75, 3.05) is 23.9 Å². The van der Waals surface area contributed by atoms with Crippen LogP contribution in [0.1, 0.15) is 51.9 Å². The second-order valence-electron chi connectivity index (χ2n) is 5.38. The summed E-state index contributed by atoms with van der Waals surface area (Å²) in [7, 11) is 2.82. The van der Waals surface area contributed by atoms with Crippen molar-refractivity contribution in [1.29, 1.82) is 0 Å². The van der Waals surface area contributed by atoms with Gasteiger partial charge in [-0.1, -0.05) is 47.8 Å². The zero-order valence-corrected chi connectivity index (χ0v) is 18.8. The van der Waals surface area contributed by atoms with Crippen LogP contribution in [0.4, 0.5) is 26.3 Å². The average Bonchev–Trinajstić information content (AvgIpc) is 2.63. The van der Waals surface area contributed by atoms with Gasteiger partial charge in [0.25, 0.3) is 18.2 Å². The number of allylic oxidation sites excluding steroid dienone is 3. The lowest BCUT2D eigenvalue weighted by Gasteiger charge is -2.01. The third-order valence-electron chi connectivity index (χ3n) is 2.88. The van der Waals surface area contributed by atoms with Crippen LogP contribution in [0.25, 0.3) is 0 Å². The van der Waals surface area contributed by atoms with E-state index < -0.39 is 29.3 Å². The summed E-state index contributed by atoms with van der Waals surface area (Å²) < 4.78 is 85.3. The maximum atomic E-state index is 11.6. The van der Waals surface area contributed by atoms with E-state index in [1.165, 1.54) is 21.6 Å². The van der Waals surface area contributed by atoms with Crippen molar-refractivity contribution < 1.29 is 34.7 Å². The Morgan fingerprint density at radius 1 is 0.793 bits per heavy atom. The van der Waals surface area contributed by atoms with Gasteiger partial charge in [-0.05, 0) is 43.9 Å². The molecule has 0 amide bonds. The van der Waals surface area contributed by atoms with E-state index in [1.807, 2.05) is 0 Å². The molecule has 11 heteroatoms. The number of halogens is 6. The second-order valence-corrected chi connectivity index (χ2v) is 9.34. The third-order valence-corrected chi connectivity index (χ3v) is 6.35. The Morgan fingerprint density at radius 2 is 1.28 bits per heavy atom. The van der Waals surface area contributed by atoms with Crippen LogP contribution in [-0.4, -0.2) is 28.1 Å². The van der Waals surface area contributed by atoms with Crippen LogP contribution in [-0.2, 0) is 15.3 Å². The van der Waals surface area contributed by atoms with Crippen molar-refractivity contribution in [3.8, 4) is 0 Å². The second kappa shape index (κ2) is 23.9. The summed E-state index contributed by atoms with van der Waals surface area (Å²) in [6, 6.07) is 0. The molecule has 0 saturated carbocycles. The van der Waals surface area contributed by atoms with Gasteiger partial charge in [0.05, 0.1) is 12.4 Å². The SMILES string of the molecule is CCCCCCOS(=O)CCC=C(F)F.FC(F)=CCCSSCCC=C(F)F. The molecule has 0 aromatic carbocycles. The van der Waals surface area contributed by atoms with Crippen LogP contribution < -0.4 is 0 Å². The standard InChI is InChI=1S/C10H18F2O2S.C8H10F4S2/c1-2-3-4-5-8-14-15(13)9-6-7-10(11)12;9-7(10)3-1-5-13-14-6-2-4-8(11)12/h7H,2-6,8-9H2,1H3;3-4H,1-2,5-6H2. The van der Waals surface area contributed by atoms with Crippen LogP contribution in [0.5, 0.6) is 0 Å². The van der Waals surface area contributed by atoms with Crippen LogP contribution in [0, 0.1) is 0 Å². The van der Waals surface area contributed by atoms with Gasteiger partial charge in [-0.3, -0.25) is 4.18 Å². The van der Waals surface area contributed by atoms with E-state index in [1.54, 1.807) is 0 Å². The van der Waals surface area contributed by atoms with Crippen molar-refractivity contribution in [2.45, 2.75) is 51.9 Å². The van der Waals surface area contributed by atoms with Gasteiger partial charge in [0.2, 0.25) is 0 Å². The predicted octanol–water partition coefficient (Wildman–Crippen LogP) is 8.13. The van der Waals surface area contributed by atoms with Crippen LogP contribution in [0.3, 0.4) is 0 Å². The highest BCUT2D eigenvalue weighted by atomic mass is 33.1.